The van der Waals surface area contributed by atoms with Gasteiger partial charge in [0.15, 0.2) is 0 Å². The minimum atomic E-state index is -0.263. The number of aromatic nitrogens is 4. The van der Waals surface area contributed by atoms with Crippen molar-refractivity contribution in [2.24, 2.45) is 0 Å². The molecule has 0 radical (unpaired) electrons. The minimum Gasteiger partial charge on any atom is -0.355 e. The van der Waals surface area contributed by atoms with Crippen molar-refractivity contribution < 1.29 is 9.18 Å². The van der Waals surface area contributed by atoms with Crippen molar-refractivity contribution in [1.29, 1.82) is 0 Å². The zero-order valence-electron chi connectivity index (χ0n) is 15.1. The fourth-order valence-corrected chi connectivity index (χ4v) is 3.19. The average Bonchev–Trinajstić information content (AvgIpc) is 3.12. The van der Waals surface area contributed by atoms with E-state index in [9.17, 15) is 9.18 Å². The van der Waals surface area contributed by atoms with Crippen molar-refractivity contribution in [2.75, 3.05) is 12.3 Å². The normalized spacial score (nSPS) is 10.8. The first-order chi connectivity index (χ1) is 13.0. The maximum absolute atomic E-state index is 12.9. The van der Waals surface area contributed by atoms with Gasteiger partial charge in [-0.05, 0) is 71.7 Å². The van der Waals surface area contributed by atoms with Gasteiger partial charge in [0.2, 0.25) is 11.1 Å². The fourth-order valence-electron chi connectivity index (χ4n) is 2.47. The van der Waals surface area contributed by atoms with Gasteiger partial charge in [0.05, 0.1) is 11.4 Å². The molecule has 0 fully saturated rings. The van der Waals surface area contributed by atoms with E-state index in [1.54, 1.807) is 16.8 Å². The summed E-state index contributed by atoms with van der Waals surface area (Å²) >= 11 is 1.28. The van der Waals surface area contributed by atoms with Crippen LogP contribution in [0, 0.1) is 19.7 Å². The van der Waals surface area contributed by atoms with Crippen LogP contribution in [-0.4, -0.2) is 38.4 Å². The van der Waals surface area contributed by atoms with Crippen molar-refractivity contribution in [2.45, 2.75) is 25.4 Å². The summed E-state index contributed by atoms with van der Waals surface area (Å²) < 4.78 is 14.5. The van der Waals surface area contributed by atoms with Gasteiger partial charge in [-0.15, -0.1) is 5.10 Å². The number of nitrogens with one attached hydrogen (secondary N) is 1. The number of hydrogen-bond donors (Lipinski definition) is 1. The number of thioether (sulfide) groups is 1. The summed E-state index contributed by atoms with van der Waals surface area (Å²) in [6.45, 7) is 4.57. The molecular formula is C19H20FN5OS. The summed E-state index contributed by atoms with van der Waals surface area (Å²) in [7, 11) is 0. The highest BCUT2D eigenvalue weighted by atomic mass is 32.2. The smallest absolute Gasteiger partial charge is 0.230 e. The molecule has 3 aromatic rings. The maximum Gasteiger partial charge on any atom is 0.230 e. The average molecular weight is 385 g/mol. The molecule has 27 heavy (non-hydrogen) atoms. The topological polar surface area (TPSA) is 72.7 Å². The molecule has 0 unspecified atom stereocenters. The van der Waals surface area contributed by atoms with Gasteiger partial charge in [-0.1, -0.05) is 30.0 Å². The third-order valence-corrected chi connectivity index (χ3v) is 5.08. The van der Waals surface area contributed by atoms with Crippen LogP contribution in [0.4, 0.5) is 4.39 Å². The van der Waals surface area contributed by atoms with Gasteiger partial charge in [-0.3, -0.25) is 4.79 Å². The Morgan fingerprint density at radius 1 is 1.15 bits per heavy atom. The number of tetrazole rings is 1. The molecule has 6 nitrogen and oxygen atoms in total. The number of hydrogen-bond acceptors (Lipinski definition) is 5. The first-order valence-electron chi connectivity index (χ1n) is 8.53. The molecule has 0 aliphatic carbocycles. The molecule has 0 bridgehead atoms. The van der Waals surface area contributed by atoms with Gasteiger partial charge < -0.3 is 5.32 Å². The van der Waals surface area contributed by atoms with Crippen LogP contribution in [0.1, 0.15) is 16.7 Å². The molecule has 3 rings (SSSR count). The Bertz CT molecular complexity index is 926. The molecule has 0 saturated heterocycles. The first kappa shape index (κ1) is 19.0. The van der Waals surface area contributed by atoms with Crippen molar-refractivity contribution in [1.82, 2.24) is 25.5 Å². The Kier molecular flexibility index (Phi) is 6.18. The van der Waals surface area contributed by atoms with E-state index in [2.05, 4.69) is 20.8 Å². The van der Waals surface area contributed by atoms with Gasteiger partial charge in [-0.25, -0.2) is 4.39 Å². The lowest BCUT2D eigenvalue weighted by Crippen LogP contribution is -2.27. The highest BCUT2D eigenvalue weighted by Gasteiger charge is 2.12. The zero-order valence-corrected chi connectivity index (χ0v) is 16.0. The van der Waals surface area contributed by atoms with E-state index in [1.165, 1.54) is 29.5 Å². The summed E-state index contributed by atoms with van der Waals surface area (Å²) in [6, 6.07) is 12.2. The molecule has 0 aliphatic heterocycles. The number of amides is 1. The number of benzene rings is 2. The molecule has 140 valence electrons. The van der Waals surface area contributed by atoms with Gasteiger partial charge in [0.1, 0.15) is 5.82 Å². The molecule has 1 heterocycles. The number of halogens is 1. The number of carbonyl (C=O) groups excluding carboxylic acids is 1. The largest absolute Gasteiger partial charge is 0.355 e. The van der Waals surface area contributed by atoms with Crippen LogP contribution in [0.3, 0.4) is 0 Å². The van der Waals surface area contributed by atoms with E-state index in [4.69, 9.17) is 0 Å². The molecule has 2 aromatic carbocycles. The molecule has 0 atom stereocenters. The molecule has 0 spiro atoms. The van der Waals surface area contributed by atoms with E-state index < -0.39 is 0 Å². The minimum absolute atomic E-state index is 0.100. The van der Waals surface area contributed by atoms with Crippen molar-refractivity contribution in [3.05, 3.63) is 65.0 Å². The van der Waals surface area contributed by atoms with Crippen LogP contribution in [0.25, 0.3) is 5.69 Å². The highest BCUT2D eigenvalue weighted by Crippen LogP contribution is 2.19. The summed E-state index contributed by atoms with van der Waals surface area (Å²) in [5, 5.41) is 15.2. The van der Waals surface area contributed by atoms with Gasteiger partial charge >= 0.3 is 0 Å². The lowest BCUT2D eigenvalue weighted by atomic mass is 10.1. The third-order valence-electron chi connectivity index (χ3n) is 4.16. The zero-order chi connectivity index (χ0) is 19.2. The second-order valence-electron chi connectivity index (χ2n) is 6.16. The Hall–Kier alpha value is -2.74. The van der Waals surface area contributed by atoms with Crippen LogP contribution < -0.4 is 5.32 Å². The number of rotatable bonds is 7. The molecule has 1 aromatic heterocycles. The number of nitrogens with zero attached hydrogens (tertiary/aromatic N) is 4. The first-order valence-corrected chi connectivity index (χ1v) is 9.51. The predicted octanol–water partition coefficient (Wildman–Crippen LogP) is 2.87. The molecular weight excluding hydrogens is 365 g/mol. The second kappa shape index (κ2) is 8.77. The molecule has 8 heteroatoms. The Morgan fingerprint density at radius 2 is 1.93 bits per heavy atom. The quantitative estimate of drug-likeness (QED) is 0.633. The highest BCUT2D eigenvalue weighted by molar-refractivity contribution is 7.99. The Balaban J connectivity index is 1.51. The Morgan fingerprint density at radius 3 is 2.67 bits per heavy atom. The lowest BCUT2D eigenvalue weighted by molar-refractivity contribution is -0.118. The molecule has 1 N–H and O–H groups in total. The summed E-state index contributed by atoms with van der Waals surface area (Å²) in [6.07, 6.45) is 0.650. The molecule has 0 saturated carbocycles. The number of aryl methyl sites for hydroxylation is 2. The maximum atomic E-state index is 12.9. The lowest BCUT2D eigenvalue weighted by Gasteiger charge is -2.07. The summed E-state index contributed by atoms with van der Waals surface area (Å²) in [4.78, 5) is 12.1. The van der Waals surface area contributed by atoms with E-state index in [0.29, 0.717) is 18.1 Å². The van der Waals surface area contributed by atoms with Crippen molar-refractivity contribution in [3.8, 4) is 5.69 Å². The van der Waals surface area contributed by atoms with Crippen LogP contribution in [0.5, 0.6) is 0 Å². The Labute approximate surface area is 161 Å². The number of carbonyl (C=O) groups is 1. The monoisotopic (exact) mass is 385 g/mol. The van der Waals surface area contributed by atoms with Gasteiger partial charge in [0, 0.05) is 6.54 Å². The standard InChI is InChI=1S/C19H20FN5OS/c1-13-3-8-17(11-14(13)2)25-19(22-23-24-25)27-12-18(26)21-10-9-15-4-6-16(20)7-5-15/h3-8,11H,9-10,12H2,1-2H3,(H,21,26). The van der Waals surface area contributed by atoms with Crippen molar-refractivity contribution in [3.63, 3.8) is 0 Å². The van der Waals surface area contributed by atoms with E-state index in [1.807, 2.05) is 32.0 Å². The van der Waals surface area contributed by atoms with Gasteiger partial charge in [-0.2, -0.15) is 4.68 Å². The van der Waals surface area contributed by atoms with Crippen LogP contribution in [-0.2, 0) is 11.2 Å². The molecule has 0 aliphatic rings. The SMILES string of the molecule is Cc1ccc(-n2nnnc2SCC(=O)NCCc2ccc(F)cc2)cc1C. The van der Waals surface area contributed by atoms with Crippen LogP contribution in [0.15, 0.2) is 47.6 Å². The van der Waals surface area contributed by atoms with Crippen LogP contribution >= 0.6 is 11.8 Å². The van der Waals surface area contributed by atoms with Crippen LogP contribution in [0.2, 0.25) is 0 Å². The van der Waals surface area contributed by atoms with E-state index >= 15 is 0 Å². The second-order valence-corrected chi connectivity index (χ2v) is 7.10. The third kappa shape index (κ3) is 5.13. The molecule has 1 amide bonds. The summed E-state index contributed by atoms with van der Waals surface area (Å²) in [5.41, 5.74) is 4.18. The fraction of sp³-hybridized carbons (Fsp3) is 0.263. The predicted molar refractivity (Wildman–Crippen MR) is 102 cm³/mol. The van der Waals surface area contributed by atoms with Gasteiger partial charge in [0.25, 0.3) is 0 Å². The summed E-state index contributed by atoms with van der Waals surface area (Å²) in [5.74, 6) is -0.147. The van der Waals surface area contributed by atoms with E-state index in [-0.39, 0.29) is 17.5 Å². The van der Waals surface area contributed by atoms with Crippen molar-refractivity contribution >= 4 is 17.7 Å². The van der Waals surface area contributed by atoms with E-state index in [0.717, 1.165) is 16.8 Å².